The van der Waals surface area contributed by atoms with Gasteiger partial charge in [-0.25, -0.2) is 9.80 Å². The number of para-hydroxylation sites is 2. The third-order valence-electron chi connectivity index (χ3n) is 9.89. The van der Waals surface area contributed by atoms with Gasteiger partial charge < -0.3 is 18.9 Å². The van der Waals surface area contributed by atoms with Gasteiger partial charge in [-0.1, -0.05) is 36.4 Å². The fraction of sp³-hybridized carbons (Fsp3) is 0.100. The van der Waals surface area contributed by atoms with Crippen LogP contribution in [0.5, 0.6) is 23.0 Å². The number of benzene rings is 7. The van der Waals surface area contributed by atoms with Gasteiger partial charge in [0.1, 0.15) is 34.4 Å². The van der Waals surface area contributed by atoms with Crippen LogP contribution in [0.3, 0.4) is 0 Å². The maximum Gasteiger partial charge on any atom is 0.266 e. The SMILES string of the molecule is COc1cccc(OC)c1N1C(=O)c2ccc3c4ccc5c6c(ccc(c7ccc(c2c37)C1=O)c64)C(=O)N(c1c(OC)cccc1OC)C5=O. The number of carbonyl (C=O) groups excluding carboxylic acids is 4. The number of rotatable bonds is 6. The molecule has 0 saturated carbocycles. The van der Waals surface area contributed by atoms with Crippen molar-refractivity contribution in [1.82, 2.24) is 0 Å². The Kier molecular flexibility index (Phi) is 6.13. The molecule has 0 aromatic heterocycles. The number of fused-ring (bicyclic) bond motifs is 2. The fourth-order valence-corrected chi connectivity index (χ4v) is 7.78. The highest BCUT2D eigenvalue weighted by atomic mass is 16.5. The molecule has 0 N–H and O–H groups in total. The molecule has 244 valence electrons. The van der Waals surface area contributed by atoms with Crippen LogP contribution in [0.1, 0.15) is 41.4 Å². The molecule has 0 bridgehead atoms. The van der Waals surface area contributed by atoms with Crippen molar-refractivity contribution in [1.29, 1.82) is 0 Å². The molecule has 0 fully saturated rings. The standard InChI is InChI=1S/C40H26N2O8/c1-47-27-7-5-8-28(48-2)35(27)41-37(43)23-15-11-19-21-13-17-25-34-26(40(46)42(39(25)45)36-29(49-3)9-6-10-30(36)50-4)18-14-22(32(21)34)20-12-16-24(38(41)44)33(23)31(19)20/h5-18H,1-4H3. The summed E-state index contributed by atoms with van der Waals surface area (Å²) in [5.41, 5.74) is 1.88. The maximum atomic E-state index is 14.3. The topological polar surface area (TPSA) is 112 Å². The first kappa shape index (κ1) is 29.5. The van der Waals surface area contributed by atoms with Gasteiger partial charge in [-0.05, 0) is 80.8 Å². The van der Waals surface area contributed by atoms with Crippen molar-refractivity contribution < 1.29 is 38.1 Å². The molecule has 10 nitrogen and oxygen atoms in total. The van der Waals surface area contributed by atoms with Gasteiger partial charge in [-0.3, -0.25) is 19.2 Å². The van der Waals surface area contributed by atoms with E-state index >= 15 is 0 Å². The van der Waals surface area contributed by atoms with Crippen LogP contribution >= 0.6 is 0 Å². The fourth-order valence-electron chi connectivity index (χ4n) is 7.78. The number of methoxy groups -OCH3 is 4. The first-order valence-electron chi connectivity index (χ1n) is 15.7. The van der Waals surface area contributed by atoms with Gasteiger partial charge in [0.05, 0.1) is 28.4 Å². The molecule has 9 rings (SSSR count). The van der Waals surface area contributed by atoms with Crippen molar-refractivity contribution in [3.05, 3.63) is 107 Å². The number of carbonyl (C=O) groups is 4. The first-order valence-corrected chi connectivity index (χ1v) is 15.7. The van der Waals surface area contributed by atoms with Crippen LogP contribution in [0.2, 0.25) is 0 Å². The van der Waals surface area contributed by atoms with Crippen molar-refractivity contribution in [2.75, 3.05) is 38.2 Å². The van der Waals surface area contributed by atoms with E-state index in [1.807, 2.05) is 24.3 Å². The van der Waals surface area contributed by atoms with Gasteiger partial charge in [0.25, 0.3) is 23.6 Å². The zero-order valence-corrected chi connectivity index (χ0v) is 27.2. The number of anilines is 2. The molecule has 0 radical (unpaired) electrons. The molecule has 10 heteroatoms. The lowest BCUT2D eigenvalue weighted by atomic mass is 9.82. The highest BCUT2D eigenvalue weighted by Crippen LogP contribution is 2.49. The van der Waals surface area contributed by atoms with Crippen LogP contribution in [0, 0.1) is 0 Å². The molecule has 2 aliphatic heterocycles. The van der Waals surface area contributed by atoms with Gasteiger partial charge in [-0.15, -0.1) is 0 Å². The first-order chi connectivity index (χ1) is 24.3. The number of nitrogens with zero attached hydrogens (tertiary/aromatic N) is 2. The minimum absolute atomic E-state index is 0.227. The molecule has 2 aliphatic rings. The van der Waals surface area contributed by atoms with E-state index in [0.29, 0.717) is 56.0 Å². The molecule has 7 aromatic carbocycles. The average Bonchev–Trinajstić information content (AvgIpc) is 3.15. The molecule has 0 saturated heterocycles. The van der Waals surface area contributed by atoms with Gasteiger partial charge in [0, 0.05) is 33.0 Å². The smallest absolute Gasteiger partial charge is 0.266 e. The minimum atomic E-state index is -0.506. The van der Waals surface area contributed by atoms with Crippen molar-refractivity contribution in [2.24, 2.45) is 0 Å². The number of hydrogen-bond acceptors (Lipinski definition) is 8. The molecule has 7 aromatic rings. The molecular weight excluding hydrogens is 636 g/mol. The van der Waals surface area contributed by atoms with Crippen molar-refractivity contribution >= 4 is 78.1 Å². The number of ether oxygens (including phenoxy) is 4. The summed E-state index contributed by atoms with van der Waals surface area (Å²) in [4.78, 5) is 59.3. The van der Waals surface area contributed by atoms with Gasteiger partial charge in [0.2, 0.25) is 0 Å². The second-order valence-electron chi connectivity index (χ2n) is 12.1. The Bertz CT molecular complexity index is 2350. The van der Waals surface area contributed by atoms with Crippen LogP contribution in [0.4, 0.5) is 11.4 Å². The van der Waals surface area contributed by atoms with Crippen molar-refractivity contribution in [3.63, 3.8) is 0 Å². The molecule has 0 unspecified atom stereocenters. The summed E-state index contributed by atoms with van der Waals surface area (Å²) in [6, 6.07) is 24.5. The lowest BCUT2D eigenvalue weighted by Crippen LogP contribution is -2.41. The Morgan fingerprint density at radius 2 is 0.620 bits per heavy atom. The van der Waals surface area contributed by atoms with E-state index in [0.717, 1.165) is 42.1 Å². The monoisotopic (exact) mass is 662 g/mol. The summed E-state index contributed by atoms with van der Waals surface area (Å²) in [5.74, 6) is -0.746. The van der Waals surface area contributed by atoms with Gasteiger partial charge in [-0.2, -0.15) is 0 Å². The molecule has 0 spiro atoms. The van der Waals surface area contributed by atoms with E-state index in [-0.39, 0.29) is 11.4 Å². The molecule has 0 atom stereocenters. The minimum Gasteiger partial charge on any atom is -0.494 e. The second-order valence-corrected chi connectivity index (χ2v) is 12.1. The Hall–Kier alpha value is -6.68. The van der Waals surface area contributed by atoms with E-state index in [4.69, 9.17) is 18.9 Å². The van der Waals surface area contributed by atoms with Crippen LogP contribution in [-0.2, 0) is 0 Å². The maximum absolute atomic E-state index is 14.3. The lowest BCUT2D eigenvalue weighted by Gasteiger charge is -2.31. The third kappa shape index (κ3) is 3.56. The lowest BCUT2D eigenvalue weighted by molar-refractivity contribution is 0.0876. The average molecular weight is 663 g/mol. The normalized spacial score (nSPS) is 14.1. The zero-order chi connectivity index (χ0) is 34.6. The Balaban J connectivity index is 1.29. The van der Waals surface area contributed by atoms with Crippen LogP contribution in [-0.4, -0.2) is 52.1 Å². The van der Waals surface area contributed by atoms with Gasteiger partial charge in [0.15, 0.2) is 0 Å². The molecule has 50 heavy (non-hydrogen) atoms. The Labute approximate surface area is 284 Å². The number of amides is 4. The summed E-state index contributed by atoms with van der Waals surface area (Å²) < 4.78 is 22.2. The molecule has 4 amide bonds. The largest absolute Gasteiger partial charge is 0.494 e. The van der Waals surface area contributed by atoms with E-state index in [2.05, 4.69) is 0 Å². The quantitative estimate of drug-likeness (QED) is 0.103. The van der Waals surface area contributed by atoms with Crippen molar-refractivity contribution in [2.45, 2.75) is 0 Å². The van der Waals surface area contributed by atoms with E-state index in [1.54, 1.807) is 60.7 Å². The summed E-state index contributed by atoms with van der Waals surface area (Å²) >= 11 is 0. The summed E-state index contributed by atoms with van der Waals surface area (Å²) in [6.07, 6.45) is 0. The Morgan fingerprint density at radius 3 is 0.860 bits per heavy atom. The number of hydrogen-bond donors (Lipinski definition) is 0. The van der Waals surface area contributed by atoms with Crippen LogP contribution in [0.15, 0.2) is 84.9 Å². The van der Waals surface area contributed by atoms with Gasteiger partial charge >= 0.3 is 0 Å². The Morgan fingerprint density at radius 1 is 0.360 bits per heavy atom. The van der Waals surface area contributed by atoms with Crippen LogP contribution < -0.4 is 28.7 Å². The predicted molar refractivity (Wildman–Crippen MR) is 189 cm³/mol. The van der Waals surface area contributed by atoms with E-state index < -0.39 is 23.6 Å². The summed E-state index contributed by atoms with van der Waals surface area (Å²) in [6.45, 7) is 0. The highest BCUT2D eigenvalue weighted by Gasteiger charge is 2.40. The summed E-state index contributed by atoms with van der Waals surface area (Å²) in [7, 11) is 5.88. The highest BCUT2D eigenvalue weighted by molar-refractivity contribution is 6.45. The van der Waals surface area contributed by atoms with E-state index in [1.165, 1.54) is 28.4 Å². The predicted octanol–water partition coefficient (Wildman–Crippen LogP) is 7.37. The molecular formula is C40H26N2O8. The van der Waals surface area contributed by atoms with Crippen molar-refractivity contribution in [3.8, 4) is 23.0 Å². The third-order valence-corrected chi connectivity index (χ3v) is 9.89. The summed E-state index contributed by atoms with van der Waals surface area (Å²) in [5, 5.41) is 5.73. The molecule has 0 aliphatic carbocycles. The number of imide groups is 2. The zero-order valence-electron chi connectivity index (χ0n) is 27.2. The molecule has 2 heterocycles. The van der Waals surface area contributed by atoms with E-state index in [9.17, 15) is 19.2 Å². The van der Waals surface area contributed by atoms with Crippen LogP contribution in [0.25, 0.3) is 43.1 Å². The second kappa shape index (κ2) is 10.4.